The molecular weight excluding hydrogens is 300 g/mol. The van der Waals surface area contributed by atoms with Crippen LogP contribution in [0, 0.1) is 0 Å². The molecule has 0 saturated heterocycles. The minimum Gasteiger partial charge on any atom is -0.497 e. The highest BCUT2D eigenvalue weighted by atomic mass is 35.5. The molecular formula is C17H17ClN2O2. The van der Waals surface area contributed by atoms with Gasteiger partial charge in [0.1, 0.15) is 11.3 Å². The van der Waals surface area contributed by atoms with Crippen molar-refractivity contribution in [2.45, 2.75) is 13.1 Å². The van der Waals surface area contributed by atoms with Gasteiger partial charge in [0.25, 0.3) is 0 Å². The Morgan fingerprint density at radius 3 is 2.73 bits per heavy atom. The SMILES string of the molecule is COc1ccc(CN(C)Cc2nc3ccccc3o2)c(Cl)c1. The van der Waals surface area contributed by atoms with E-state index in [1.807, 2.05) is 49.5 Å². The minimum absolute atomic E-state index is 0.622. The van der Waals surface area contributed by atoms with Crippen LogP contribution in [0.15, 0.2) is 46.9 Å². The fraction of sp³-hybridized carbons (Fsp3) is 0.235. The third kappa shape index (κ3) is 3.24. The summed E-state index contributed by atoms with van der Waals surface area (Å²) >= 11 is 6.27. The van der Waals surface area contributed by atoms with Crippen molar-refractivity contribution >= 4 is 22.7 Å². The van der Waals surface area contributed by atoms with Gasteiger partial charge < -0.3 is 9.15 Å². The smallest absolute Gasteiger partial charge is 0.209 e. The highest BCUT2D eigenvalue weighted by Crippen LogP contribution is 2.24. The molecule has 0 aliphatic carbocycles. The third-order valence-electron chi connectivity index (χ3n) is 3.44. The molecule has 0 bridgehead atoms. The van der Waals surface area contributed by atoms with E-state index in [0.717, 1.165) is 22.4 Å². The predicted octanol–water partition coefficient (Wildman–Crippen LogP) is 4.12. The maximum Gasteiger partial charge on any atom is 0.209 e. The number of hydrogen-bond acceptors (Lipinski definition) is 4. The van der Waals surface area contributed by atoms with Gasteiger partial charge in [-0.2, -0.15) is 0 Å². The molecule has 3 rings (SSSR count). The maximum absolute atomic E-state index is 6.27. The number of benzene rings is 2. The van der Waals surface area contributed by atoms with Crippen molar-refractivity contribution in [2.24, 2.45) is 0 Å². The van der Waals surface area contributed by atoms with Crippen molar-refractivity contribution in [2.75, 3.05) is 14.2 Å². The number of ether oxygens (including phenoxy) is 1. The number of halogens is 1. The van der Waals surface area contributed by atoms with Gasteiger partial charge in [0.2, 0.25) is 5.89 Å². The van der Waals surface area contributed by atoms with Gasteiger partial charge in [0, 0.05) is 11.6 Å². The van der Waals surface area contributed by atoms with Crippen molar-refractivity contribution in [3.63, 3.8) is 0 Å². The molecule has 1 aromatic heterocycles. The Hall–Kier alpha value is -2.04. The summed E-state index contributed by atoms with van der Waals surface area (Å²) in [7, 11) is 3.64. The van der Waals surface area contributed by atoms with Crippen molar-refractivity contribution in [1.29, 1.82) is 0 Å². The van der Waals surface area contributed by atoms with Gasteiger partial charge in [-0.05, 0) is 36.9 Å². The summed E-state index contributed by atoms with van der Waals surface area (Å²) in [6, 6.07) is 13.5. The first-order valence-electron chi connectivity index (χ1n) is 7.01. The lowest BCUT2D eigenvalue weighted by Crippen LogP contribution is -2.17. The second kappa shape index (κ2) is 6.38. The van der Waals surface area contributed by atoms with E-state index in [1.54, 1.807) is 7.11 Å². The van der Waals surface area contributed by atoms with Crippen LogP contribution >= 0.6 is 11.6 Å². The lowest BCUT2D eigenvalue weighted by molar-refractivity contribution is 0.285. The molecule has 4 nitrogen and oxygen atoms in total. The lowest BCUT2D eigenvalue weighted by Gasteiger charge is -2.16. The molecule has 2 aromatic carbocycles. The molecule has 0 radical (unpaired) electrons. The standard InChI is InChI=1S/C17H17ClN2O2/c1-20(10-12-7-8-13(21-2)9-14(12)18)11-17-19-15-5-3-4-6-16(15)22-17/h3-9H,10-11H2,1-2H3. The van der Waals surface area contributed by atoms with Gasteiger partial charge in [0.05, 0.1) is 13.7 Å². The fourth-order valence-electron chi connectivity index (χ4n) is 2.35. The van der Waals surface area contributed by atoms with Crippen LogP contribution < -0.4 is 4.74 Å². The number of nitrogens with zero attached hydrogens (tertiary/aromatic N) is 2. The Morgan fingerprint density at radius 2 is 2.00 bits per heavy atom. The molecule has 0 spiro atoms. The van der Waals surface area contributed by atoms with Gasteiger partial charge in [0.15, 0.2) is 5.58 Å². The average molecular weight is 317 g/mol. The zero-order valence-corrected chi connectivity index (χ0v) is 13.3. The zero-order chi connectivity index (χ0) is 15.5. The molecule has 22 heavy (non-hydrogen) atoms. The molecule has 0 atom stereocenters. The van der Waals surface area contributed by atoms with E-state index in [-0.39, 0.29) is 0 Å². The Kier molecular flexibility index (Phi) is 4.32. The van der Waals surface area contributed by atoms with E-state index >= 15 is 0 Å². The quantitative estimate of drug-likeness (QED) is 0.709. The first-order chi connectivity index (χ1) is 10.7. The van der Waals surface area contributed by atoms with Crippen LogP contribution in [0.2, 0.25) is 5.02 Å². The zero-order valence-electron chi connectivity index (χ0n) is 12.5. The average Bonchev–Trinajstić information content (AvgIpc) is 2.91. The molecule has 1 heterocycles. The number of methoxy groups -OCH3 is 1. The fourth-order valence-corrected chi connectivity index (χ4v) is 2.58. The molecule has 0 saturated carbocycles. The third-order valence-corrected chi connectivity index (χ3v) is 3.80. The van der Waals surface area contributed by atoms with E-state index < -0.39 is 0 Å². The molecule has 5 heteroatoms. The summed E-state index contributed by atoms with van der Waals surface area (Å²) in [6.45, 7) is 1.33. The number of rotatable bonds is 5. The number of oxazole rings is 1. The van der Waals surface area contributed by atoms with Crippen LogP contribution in [0.4, 0.5) is 0 Å². The monoisotopic (exact) mass is 316 g/mol. The minimum atomic E-state index is 0.622. The number of hydrogen-bond donors (Lipinski definition) is 0. The van der Waals surface area contributed by atoms with Gasteiger partial charge in [-0.15, -0.1) is 0 Å². The summed E-state index contributed by atoms with van der Waals surface area (Å²) in [4.78, 5) is 6.59. The van der Waals surface area contributed by atoms with Crippen LogP contribution in [0.5, 0.6) is 5.75 Å². The van der Waals surface area contributed by atoms with Crippen LogP contribution in [0.3, 0.4) is 0 Å². The second-order valence-corrected chi connectivity index (χ2v) is 5.61. The van der Waals surface area contributed by atoms with Crippen LogP contribution in [0.1, 0.15) is 11.5 Å². The maximum atomic E-state index is 6.27. The molecule has 114 valence electrons. The molecule has 0 aliphatic heterocycles. The highest BCUT2D eigenvalue weighted by molar-refractivity contribution is 6.31. The lowest BCUT2D eigenvalue weighted by atomic mass is 10.2. The Bertz CT molecular complexity index is 752. The predicted molar refractivity (Wildman–Crippen MR) is 87.2 cm³/mol. The Morgan fingerprint density at radius 1 is 1.18 bits per heavy atom. The summed E-state index contributed by atoms with van der Waals surface area (Å²) in [5.41, 5.74) is 2.74. The van der Waals surface area contributed by atoms with Crippen molar-refractivity contribution in [3.8, 4) is 5.75 Å². The molecule has 0 N–H and O–H groups in total. The molecule has 0 unspecified atom stereocenters. The van der Waals surface area contributed by atoms with Crippen LogP contribution in [-0.2, 0) is 13.1 Å². The van der Waals surface area contributed by atoms with E-state index in [2.05, 4.69) is 9.88 Å². The van der Waals surface area contributed by atoms with Crippen molar-refractivity contribution < 1.29 is 9.15 Å². The van der Waals surface area contributed by atoms with Gasteiger partial charge in [-0.3, -0.25) is 4.90 Å². The molecule has 3 aromatic rings. The number of para-hydroxylation sites is 2. The summed E-state index contributed by atoms with van der Waals surface area (Å²) in [5, 5.41) is 0.698. The molecule has 0 fully saturated rings. The topological polar surface area (TPSA) is 38.5 Å². The van der Waals surface area contributed by atoms with E-state index in [9.17, 15) is 0 Å². The number of fused-ring (bicyclic) bond motifs is 1. The summed E-state index contributed by atoms with van der Waals surface area (Å²) < 4.78 is 10.9. The largest absolute Gasteiger partial charge is 0.497 e. The first kappa shape index (κ1) is 14.9. The van der Waals surface area contributed by atoms with Gasteiger partial charge >= 0.3 is 0 Å². The highest BCUT2D eigenvalue weighted by Gasteiger charge is 2.10. The Labute approximate surface area is 134 Å². The number of aromatic nitrogens is 1. The van der Waals surface area contributed by atoms with Gasteiger partial charge in [-0.25, -0.2) is 4.98 Å². The summed E-state index contributed by atoms with van der Waals surface area (Å²) in [5.74, 6) is 1.46. The van der Waals surface area contributed by atoms with Crippen LogP contribution in [-0.4, -0.2) is 24.0 Å². The second-order valence-electron chi connectivity index (χ2n) is 5.20. The van der Waals surface area contributed by atoms with Crippen LogP contribution in [0.25, 0.3) is 11.1 Å². The first-order valence-corrected chi connectivity index (χ1v) is 7.39. The van der Waals surface area contributed by atoms with E-state index in [4.69, 9.17) is 20.8 Å². The molecule has 0 aliphatic rings. The van der Waals surface area contributed by atoms with E-state index in [0.29, 0.717) is 24.0 Å². The van der Waals surface area contributed by atoms with Gasteiger partial charge in [-0.1, -0.05) is 29.8 Å². The Balaban J connectivity index is 1.70. The molecule has 0 amide bonds. The summed E-state index contributed by atoms with van der Waals surface area (Å²) in [6.07, 6.45) is 0. The van der Waals surface area contributed by atoms with Crippen molar-refractivity contribution in [3.05, 3.63) is 58.9 Å². The van der Waals surface area contributed by atoms with E-state index in [1.165, 1.54) is 0 Å². The van der Waals surface area contributed by atoms with Crippen molar-refractivity contribution in [1.82, 2.24) is 9.88 Å². The normalized spacial score (nSPS) is 11.3.